The molecule has 0 atom stereocenters. The topological polar surface area (TPSA) is 40.5 Å². The highest BCUT2D eigenvalue weighted by Gasteiger charge is 2.01. The number of phenols is 2. The van der Waals surface area contributed by atoms with E-state index < -0.39 is 0 Å². The predicted octanol–water partition coefficient (Wildman–Crippen LogP) is 2.99. The summed E-state index contributed by atoms with van der Waals surface area (Å²) in [5, 5.41) is 18.4. The molecular formula is C10H14O2S. The number of hydrogen-bond acceptors (Lipinski definition) is 3. The molecule has 3 heteroatoms. The number of phenolic OH excluding ortho intramolecular Hbond substituents is 2. The van der Waals surface area contributed by atoms with Crippen LogP contribution >= 0.6 is 11.8 Å². The molecule has 0 aliphatic rings. The average Bonchev–Trinajstić information content (AvgIpc) is 2.09. The Labute approximate surface area is 82.6 Å². The first-order valence-corrected chi connectivity index (χ1v) is 5.37. The highest BCUT2D eigenvalue weighted by molar-refractivity contribution is 7.99. The first kappa shape index (κ1) is 10.3. The lowest BCUT2D eigenvalue weighted by molar-refractivity contribution is 0.442. The maximum absolute atomic E-state index is 9.41. The summed E-state index contributed by atoms with van der Waals surface area (Å²) in [6.45, 7) is 2.14. The third-order valence-corrected chi connectivity index (χ3v) is 2.85. The second-order valence-electron chi connectivity index (χ2n) is 2.85. The standard InChI is InChI=1S/C10H14O2S/c1-2-3-6-13-10-5-4-8(11)7-9(10)12/h4-5,7,11-12H,2-3,6H2,1H3. The molecule has 0 saturated carbocycles. The van der Waals surface area contributed by atoms with Crippen LogP contribution < -0.4 is 0 Å². The molecule has 0 heterocycles. The van der Waals surface area contributed by atoms with Crippen molar-refractivity contribution in [3.63, 3.8) is 0 Å². The fourth-order valence-corrected chi connectivity index (χ4v) is 1.98. The molecule has 0 saturated heterocycles. The molecule has 2 N–H and O–H groups in total. The summed E-state index contributed by atoms with van der Waals surface area (Å²) < 4.78 is 0. The van der Waals surface area contributed by atoms with Gasteiger partial charge < -0.3 is 10.2 Å². The van der Waals surface area contributed by atoms with Crippen molar-refractivity contribution in [2.24, 2.45) is 0 Å². The zero-order valence-electron chi connectivity index (χ0n) is 7.66. The van der Waals surface area contributed by atoms with Gasteiger partial charge in [0.2, 0.25) is 0 Å². The third kappa shape index (κ3) is 3.19. The average molecular weight is 198 g/mol. The number of unbranched alkanes of at least 4 members (excludes halogenated alkanes) is 1. The zero-order chi connectivity index (χ0) is 9.68. The van der Waals surface area contributed by atoms with Gasteiger partial charge in [0.25, 0.3) is 0 Å². The van der Waals surface area contributed by atoms with Gasteiger partial charge in [-0.15, -0.1) is 11.8 Å². The van der Waals surface area contributed by atoms with Gasteiger partial charge >= 0.3 is 0 Å². The van der Waals surface area contributed by atoms with Gasteiger partial charge in [0.15, 0.2) is 0 Å². The van der Waals surface area contributed by atoms with E-state index in [9.17, 15) is 5.11 Å². The molecule has 13 heavy (non-hydrogen) atoms. The lowest BCUT2D eigenvalue weighted by Gasteiger charge is -2.03. The Hall–Kier alpha value is -0.830. The van der Waals surface area contributed by atoms with Crippen molar-refractivity contribution in [3.8, 4) is 11.5 Å². The van der Waals surface area contributed by atoms with E-state index in [1.54, 1.807) is 23.9 Å². The predicted molar refractivity (Wildman–Crippen MR) is 55.4 cm³/mol. The number of aromatic hydroxyl groups is 2. The van der Waals surface area contributed by atoms with Crippen LogP contribution in [0.4, 0.5) is 0 Å². The van der Waals surface area contributed by atoms with Crippen molar-refractivity contribution in [2.45, 2.75) is 24.7 Å². The number of hydrogen-bond donors (Lipinski definition) is 2. The van der Waals surface area contributed by atoms with E-state index in [4.69, 9.17) is 5.11 Å². The van der Waals surface area contributed by atoms with E-state index >= 15 is 0 Å². The fraction of sp³-hybridized carbons (Fsp3) is 0.400. The molecule has 0 aromatic heterocycles. The summed E-state index contributed by atoms with van der Waals surface area (Å²) in [7, 11) is 0. The van der Waals surface area contributed by atoms with Gasteiger partial charge in [0.1, 0.15) is 11.5 Å². The Morgan fingerprint density at radius 1 is 1.31 bits per heavy atom. The van der Waals surface area contributed by atoms with Gasteiger partial charge in [0.05, 0.1) is 0 Å². The second kappa shape index (κ2) is 5.02. The van der Waals surface area contributed by atoms with Crippen molar-refractivity contribution >= 4 is 11.8 Å². The van der Waals surface area contributed by atoms with E-state index in [0.717, 1.165) is 23.5 Å². The molecule has 0 spiro atoms. The highest BCUT2D eigenvalue weighted by atomic mass is 32.2. The Kier molecular flexibility index (Phi) is 3.96. The SMILES string of the molecule is CCCCSc1ccc(O)cc1O. The molecule has 0 fully saturated rings. The van der Waals surface area contributed by atoms with Gasteiger partial charge in [-0.1, -0.05) is 13.3 Å². The van der Waals surface area contributed by atoms with Gasteiger partial charge in [0, 0.05) is 11.0 Å². The Morgan fingerprint density at radius 2 is 2.08 bits per heavy atom. The fourth-order valence-electron chi connectivity index (χ4n) is 0.954. The lowest BCUT2D eigenvalue weighted by Crippen LogP contribution is -1.79. The maximum atomic E-state index is 9.41. The molecule has 0 bridgehead atoms. The summed E-state index contributed by atoms with van der Waals surface area (Å²) in [6, 6.07) is 4.70. The normalized spacial score (nSPS) is 10.2. The van der Waals surface area contributed by atoms with E-state index in [1.807, 2.05) is 0 Å². The molecule has 0 aliphatic heterocycles. The van der Waals surface area contributed by atoms with E-state index in [1.165, 1.54) is 6.07 Å². The molecule has 0 radical (unpaired) electrons. The first-order chi connectivity index (χ1) is 6.24. The minimum Gasteiger partial charge on any atom is -0.508 e. The molecule has 0 unspecified atom stereocenters. The van der Waals surface area contributed by atoms with Crippen LogP contribution in [0, 0.1) is 0 Å². The van der Waals surface area contributed by atoms with Crippen molar-refractivity contribution in [1.82, 2.24) is 0 Å². The van der Waals surface area contributed by atoms with Crippen molar-refractivity contribution in [3.05, 3.63) is 18.2 Å². The Morgan fingerprint density at radius 3 is 2.69 bits per heavy atom. The molecule has 0 aliphatic carbocycles. The van der Waals surface area contributed by atoms with Crippen molar-refractivity contribution < 1.29 is 10.2 Å². The van der Waals surface area contributed by atoms with Crippen LogP contribution in [-0.4, -0.2) is 16.0 Å². The Bertz CT molecular complexity index is 274. The van der Waals surface area contributed by atoms with E-state index in [2.05, 4.69) is 6.92 Å². The van der Waals surface area contributed by atoms with Gasteiger partial charge in [-0.25, -0.2) is 0 Å². The third-order valence-electron chi connectivity index (χ3n) is 1.70. The van der Waals surface area contributed by atoms with Crippen LogP contribution in [0.25, 0.3) is 0 Å². The van der Waals surface area contributed by atoms with Crippen LogP contribution in [-0.2, 0) is 0 Å². The first-order valence-electron chi connectivity index (χ1n) is 4.39. The summed E-state index contributed by atoms with van der Waals surface area (Å²) in [5.41, 5.74) is 0. The number of rotatable bonds is 4. The van der Waals surface area contributed by atoms with Crippen molar-refractivity contribution in [1.29, 1.82) is 0 Å². The van der Waals surface area contributed by atoms with Crippen LogP contribution in [0.5, 0.6) is 11.5 Å². The molecule has 1 aromatic carbocycles. The van der Waals surface area contributed by atoms with Crippen LogP contribution in [0.1, 0.15) is 19.8 Å². The van der Waals surface area contributed by atoms with Gasteiger partial charge in [-0.05, 0) is 24.3 Å². The molecule has 0 amide bonds. The largest absolute Gasteiger partial charge is 0.508 e. The van der Waals surface area contributed by atoms with Crippen molar-refractivity contribution in [2.75, 3.05) is 5.75 Å². The summed E-state index contributed by atoms with van der Waals surface area (Å²) in [4.78, 5) is 0.839. The lowest BCUT2D eigenvalue weighted by atomic mass is 10.3. The molecular weight excluding hydrogens is 184 g/mol. The highest BCUT2D eigenvalue weighted by Crippen LogP contribution is 2.31. The summed E-state index contributed by atoms with van der Waals surface area (Å²) >= 11 is 1.62. The number of benzene rings is 1. The minimum absolute atomic E-state index is 0.109. The molecule has 1 rings (SSSR count). The molecule has 1 aromatic rings. The van der Waals surface area contributed by atoms with Gasteiger partial charge in [-0.2, -0.15) is 0 Å². The zero-order valence-corrected chi connectivity index (χ0v) is 8.47. The van der Waals surface area contributed by atoms with E-state index in [0.29, 0.717) is 0 Å². The Balaban J connectivity index is 2.56. The molecule has 72 valence electrons. The summed E-state index contributed by atoms with van der Waals surface area (Å²) in [5.74, 6) is 1.29. The van der Waals surface area contributed by atoms with E-state index in [-0.39, 0.29) is 11.5 Å². The minimum atomic E-state index is 0.109. The van der Waals surface area contributed by atoms with Gasteiger partial charge in [-0.3, -0.25) is 0 Å². The molecule has 2 nitrogen and oxygen atoms in total. The smallest absolute Gasteiger partial charge is 0.132 e. The summed E-state index contributed by atoms with van der Waals surface area (Å²) in [6.07, 6.45) is 2.30. The quantitative estimate of drug-likeness (QED) is 0.577. The van der Waals surface area contributed by atoms with Crippen LogP contribution in [0.3, 0.4) is 0 Å². The number of thioether (sulfide) groups is 1. The van der Waals surface area contributed by atoms with Crippen LogP contribution in [0.15, 0.2) is 23.1 Å². The second-order valence-corrected chi connectivity index (χ2v) is 3.99. The maximum Gasteiger partial charge on any atom is 0.132 e. The monoisotopic (exact) mass is 198 g/mol. The van der Waals surface area contributed by atoms with Crippen LogP contribution in [0.2, 0.25) is 0 Å².